The molecule has 1 heterocycles. The Balaban J connectivity index is 2.29. The lowest BCUT2D eigenvalue weighted by atomic mass is 9.92. The molecule has 0 saturated carbocycles. The number of ether oxygens (including phenoxy) is 1. The molecule has 2 heteroatoms. The van der Waals surface area contributed by atoms with Crippen LogP contribution in [0.15, 0.2) is 24.8 Å². The van der Waals surface area contributed by atoms with Crippen LogP contribution in [-0.4, -0.2) is 12.1 Å². The Morgan fingerprint density at radius 3 is 2.86 bits per heavy atom. The number of cyclic esters (lactones) is 1. The van der Waals surface area contributed by atoms with Crippen molar-refractivity contribution in [1.29, 1.82) is 0 Å². The molecule has 0 N–H and O–H groups in total. The quantitative estimate of drug-likeness (QED) is 0.369. The second-order valence-corrected chi connectivity index (χ2v) is 3.62. The van der Waals surface area contributed by atoms with Crippen molar-refractivity contribution in [1.82, 2.24) is 0 Å². The Kier molecular flexibility index (Phi) is 4.44. The molecule has 0 bridgehead atoms. The highest BCUT2D eigenvalue weighted by Gasteiger charge is 2.39. The molecule has 0 radical (unpaired) electrons. The topological polar surface area (TPSA) is 26.3 Å². The molecule has 1 aliphatic heterocycles. The first-order valence-electron chi connectivity index (χ1n) is 5.29. The van der Waals surface area contributed by atoms with Crippen molar-refractivity contribution in [3.63, 3.8) is 0 Å². The molecule has 1 aliphatic rings. The van der Waals surface area contributed by atoms with Crippen molar-refractivity contribution >= 4 is 5.97 Å². The van der Waals surface area contributed by atoms with Gasteiger partial charge in [0.25, 0.3) is 0 Å². The van der Waals surface area contributed by atoms with Gasteiger partial charge in [0.15, 0.2) is 0 Å². The molecular formula is C12H18O2. The van der Waals surface area contributed by atoms with E-state index in [-0.39, 0.29) is 18.0 Å². The first-order valence-corrected chi connectivity index (χ1v) is 5.29. The molecule has 0 aliphatic carbocycles. The Labute approximate surface area is 85.6 Å². The number of unbranched alkanes of at least 4 members (excludes halogenated alkanes) is 2. The fourth-order valence-electron chi connectivity index (χ4n) is 1.62. The third kappa shape index (κ3) is 2.72. The second-order valence-electron chi connectivity index (χ2n) is 3.62. The lowest BCUT2D eigenvalue weighted by Crippen LogP contribution is -2.43. The number of allylic oxidation sites excluding steroid dienone is 2. The van der Waals surface area contributed by atoms with Crippen LogP contribution in [0.5, 0.6) is 0 Å². The van der Waals surface area contributed by atoms with Gasteiger partial charge >= 0.3 is 5.97 Å². The second kappa shape index (κ2) is 5.63. The zero-order chi connectivity index (χ0) is 10.4. The van der Waals surface area contributed by atoms with Crippen molar-refractivity contribution in [2.75, 3.05) is 0 Å². The largest absolute Gasteiger partial charge is 0.461 e. The van der Waals surface area contributed by atoms with Crippen LogP contribution < -0.4 is 0 Å². The van der Waals surface area contributed by atoms with E-state index >= 15 is 0 Å². The summed E-state index contributed by atoms with van der Waals surface area (Å²) in [4.78, 5) is 11.1. The van der Waals surface area contributed by atoms with Crippen LogP contribution in [0.3, 0.4) is 0 Å². The zero-order valence-corrected chi connectivity index (χ0v) is 8.74. The third-order valence-electron chi connectivity index (χ3n) is 2.49. The molecule has 1 saturated heterocycles. The van der Waals surface area contributed by atoms with Crippen molar-refractivity contribution in [3.05, 3.63) is 24.8 Å². The molecule has 1 rings (SSSR count). The summed E-state index contributed by atoms with van der Waals surface area (Å²) < 4.78 is 5.07. The zero-order valence-electron chi connectivity index (χ0n) is 8.74. The van der Waals surface area contributed by atoms with E-state index in [0.717, 1.165) is 12.8 Å². The van der Waals surface area contributed by atoms with Gasteiger partial charge in [-0.05, 0) is 12.8 Å². The molecule has 1 fully saturated rings. The number of hydrogen-bond acceptors (Lipinski definition) is 2. The van der Waals surface area contributed by atoms with Crippen molar-refractivity contribution in [3.8, 4) is 0 Å². The van der Waals surface area contributed by atoms with Crippen molar-refractivity contribution in [2.45, 2.75) is 38.7 Å². The molecule has 2 nitrogen and oxygen atoms in total. The predicted molar refractivity (Wildman–Crippen MR) is 56.8 cm³/mol. The van der Waals surface area contributed by atoms with E-state index in [1.165, 1.54) is 12.8 Å². The third-order valence-corrected chi connectivity index (χ3v) is 2.49. The highest BCUT2D eigenvalue weighted by molar-refractivity contribution is 5.80. The average Bonchev–Trinajstić information content (AvgIpc) is 2.17. The number of rotatable bonds is 6. The van der Waals surface area contributed by atoms with Gasteiger partial charge in [-0.2, -0.15) is 0 Å². The van der Waals surface area contributed by atoms with E-state index < -0.39 is 0 Å². The number of carbonyl (C=O) groups is 1. The predicted octanol–water partition coefficient (Wildman–Crippen LogP) is 2.85. The average molecular weight is 194 g/mol. The molecule has 78 valence electrons. The molecule has 0 amide bonds. The van der Waals surface area contributed by atoms with Crippen molar-refractivity contribution < 1.29 is 9.53 Å². The van der Waals surface area contributed by atoms with Gasteiger partial charge in [-0.25, -0.2) is 0 Å². The van der Waals surface area contributed by atoms with Crippen LogP contribution in [0, 0.1) is 5.92 Å². The lowest BCUT2D eigenvalue weighted by molar-refractivity contribution is -0.179. The smallest absolute Gasteiger partial charge is 0.316 e. The van der Waals surface area contributed by atoms with Crippen LogP contribution >= 0.6 is 0 Å². The Morgan fingerprint density at radius 2 is 2.29 bits per heavy atom. The van der Waals surface area contributed by atoms with Crippen LogP contribution in [-0.2, 0) is 9.53 Å². The molecule has 0 aromatic heterocycles. The molecular weight excluding hydrogens is 176 g/mol. The maximum absolute atomic E-state index is 11.1. The fourth-order valence-corrected chi connectivity index (χ4v) is 1.62. The van der Waals surface area contributed by atoms with E-state index in [9.17, 15) is 4.79 Å². The number of carbonyl (C=O) groups excluding carboxylic acids is 1. The van der Waals surface area contributed by atoms with Crippen molar-refractivity contribution in [2.24, 2.45) is 5.92 Å². The van der Waals surface area contributed by atoms with E-state index in [1.807, 2.05) is 12.2 Å². The van der Waals surface area contributed by atoms with Gasteiger partial charge in [0, 0.05) is 0 Å². The van der Waals surface area contributed by atoms with Crippen LogP contribution in [0.25, 0.3) is 0 Å². The summed E-state index contributed by atoms with van der Waals surface area (Å²) in [7, 11) is 0. The summed E-state index contributed by atoms with van der Waals surface area (Å²) in [5.41, 5.74) is 0. The van der Waals surface area contributed by atoms with Crippen LogP contribution in [0.2, 0.25) is 0 Å². The molecule has 0 aromatic carbocycles. The van der Waals surface area contributed by atoms with E-state index in [2.05, 4.69) is 13.5 Å². The molecule has 0 spiro atoms. The van der Waals surface area contributed by atoms with Gasteiger partial charge in [0.2, 0.25) is 0 Å². The Hall–Kier alpha value is -1.05. The number of esters is 1. The summed E-state index contributed by atoms with van der Waals surface area (Å²) in [6, 6.07) is 0. The van der Waals surface area contributed by atoms with Gasteiger partial charge in [-0.3, -0.25) is 4.79 Å². The van der Waals surface area contributed by atoms with Crippen LogP contribution in [0.1, 0.15) is 32.6 Å². The van der Waals surface area contributed by atoms with E-state index in [0.29, 0.717) is 0 Å². The maximum atomic E-state index is 11.1. The minimum absolute atomic E-state index is 0.0233. The minimum Gasteiger partial charge on any atom is -0.461 e. The van der Waals surface area contributed by atoms with Crippen LogP contribution in [0.4, 0.5) is 0 Å². The highest BCUT2D eigenvalue weighted by Crippen LogP contribution is 2.28. The molecule has 14 heavy (non-hydrogen) atoms. The van der Waals surface area contributed by atoms with Gasteiger partial charge in [-0.1, -0.05) is 44.6 Å². The van der Waals surface area contributed by atoms with Gasteiger partial charge in [0.1, 0.15) is 12.0 Å². The van der Waals surface area contributed by atoms with E-state index in [1.54, 1.807) is 6.08 Å². The summed E-state index contributed by atoms with van der Waals surface area (Å²) >= 11 is 0. The lowest BCUT2D eigenvalue weighted by Gasteiger charge is -2.33. The minimum atomic E-state index is -0.0930. The Bertz CT molecular complexity index is 230. The van der Waals surface area contributed by atoms with Gasteiger partial charge in [0.05, 0.1) is 0 Å². The maximum Gasteiger partial charge on any atom is 0.316 e. The molecule has 2 atom stereocenters. The summed E-state index contributed by atoms with van der Waals surface area (Å²) in [5.74, 6) is -0.116. The first kappa shape index (κ1) is 11.0. The first-order chi connectivity index (χ1) is 6.79. The monoisotopic (exact) mass is 194 g/mol. The normalized spacial score (nSPS) is 25.9. The molecule has 0 aromatic rings. The summed E-state index contributed by atoms with van der Waals surface area (Å²) in [6.45, 7) is 5.75. The van der Waals surface area contributed by atoms with Gasteiger partial charge < -0.3 is 4.74 Å². The summed E-state index contributed by atoms with van der Waals surface area (Å²) in [6.07, 6.45) is 10.1. The summed E-state index contributed by atoms with van der Waals surface area (Å²) in [5, 5.41) is 0. The highest BCUT2D eigenvalue weighted by atomic mass is 16.6. The van der Waals surface area contributed by atoms with Gasteiger partial charge in [-0.15, -0.1) is 0 Å². The SMILES string of the molecule is C=CC=C[C@H]1C(=O)O[C@H]1CCCCC. The van der Waals surface area contributed by atoms with E-state index in [4.69, 9.17) is 4.74 Å². The standard InChI is InChI=1S/C12H18O2/c1-3-5-7-9-11-10(8-6-4-2)12(13)14-11/h4,6,8,10-11H,2-3,5,7,9H2,1H3/t10-,11+/m1/s1. The fraction of sp³-hybridized carbons (Fsp3) is 0.583. The Morgan fingerprint density at radius 1 is 1.50 bits per heavy atom. The molecule has 0 unspecified atom stereocenters. The number of hydrogen-bond donors (Lipinski definition) is 0.